The van der Waals surface area contributed by atoms with Crippen molar-refractivity contribution in [2.45, 2.75) is 0 Å². The van der Waals surface area contributed by atoms with Gasteiger partial charge < -0.3 is 19.6 Å². The molecule has 0 amide bonds. The average molecular weight is 529 g/mol. The molecule has 2 rings (SSSR count). The van der Waals surface area contributed by atoms with E-state index < -0.39 is 31.7 Å². The van der Waals surface area contributed by atoms with Crippen LogP contribution < -0.4 is 30.2 Å². The zero-order valence-corrected chi connectivity index (χ0v) is 19.2. The Hall–Kier alpha value is -0.257. The topological polar surface area (TPSA) is 179 Å². The van der Waals surface area contributed by atoms with Gasteiger partial charge in [-0.05, 0) is 9.13 Å². The molecule has 0 aliphatic rings. The summed E-state index contributed by atoms with van der Waals surface area (Å²) in [4.78, 5) is 42.2. The Balaban J connectivity index is 0.000000483. The van der Waals surface area contributed by atoms with Crippen molar-refractivity contribution in [3.8, 4) is 0 Å². The summed E-state index contributed by atoms with van der Waals surface area (Å²) in [5, 5.41) is -0.316. The van der Waals surface area contributed by atoms with Gasteiger partial charge >= 0.3 is 42.7 Å². The van der Waals surface area contributed by atoms with Crippen molar-refractivity contribution >= 4 is 42.3 Å². The third-order valence-corrected chi connectivity index (χ3v) is 7.14. The van der Waals surface area contributed by atoms with Crippen molar-refractivity contribution in [2.24, 2.45) is 0 Å². The Bertz CT molecular complexity index is 776. The molecule has 2 aromatic carbocycles. The Morgan fingerprint density at radius 2 is 0.926 bits per heavy atom. The van der Waals surface area contributed by atoms with Crippen molar-refractivity contribution in [1.82, 2.24) is 0 Å². The molecule has 0 aromatic heterocycles. The van der Waals surface area contributed by atoms with E-state index >= 15 is 0 Å². The molecular formula is C12H10O10P4Zr+2. The molecule has 0 heterocycles. The number of benzene rings is 2. The van der Waals surface area contributed by atoms with E-state index in [1.54, 1.807) is 12.1 Å². The van der Waals surface area contributed by atoms with Crippen molar-refractivity contribution < 1.29 is 72.7 Å². The standard InChI is InChI=1S/2C6H6O5P2.Zr/c2*7-12(8)11-13(9,10)6-4-2-1-3-5-6;/h2*1-5H,(H,9,10);/q;;+4/p-2. The summed E-state index contributed by atoms with van der Waals surface area (Å²) in [7, 11) is -15.7. The van der Waals surface area contributed by atoms with E-state index in [4.69, 9.17) is 0 Å². The quantitative estimate of drug-likeness (QED) is 0.455. The van der Waals surface area contributed by atoms with E-state index in [1.807, 2.05) is 0 Å². The van der Waals surface area contributed by atoms with Crippen molar-refractivity contribution in [3.63, 3.8) is 0 Å². The van der Waals surface area contributed by atoms with E-state index in [2.05, 4.69) is 8.62 Å². The van der Waals surface area contributed by atoms with Crippen LogP contribution in [0.15, 0.2) is 60.7 Å². The summed E-state index contributed by atoms with van der Waals surface area (Å²) >= 11 is 0. The molecule has 0 aliphatic heterocycles. The maximum atomic E-state index is 11.1. The van der Waals surface area contributed by atoms with Gasteiger partial charge in [0.1, 0.15) is 0 Å². The van der Waals surface area contributed by atoms with E-state index in [-0.39, 0.29) is 36.8 Å². The first-order valence-electron chi connectivity index (χ1n) is 6.46. The predicted molar refractivity (Wildman–Crippen MR) is 84.7 cm³/mol. The Morgan fingerprint density at radius 3 is 1.15 bits per heavy atom. The summed E-state index contributed by atoms with van der Waals surface area (Å²) in [5.74, 6) is 0. The van der Waals surface area contributed by atoms with Crippen molar-refractivity contribution in [2.75, 3.05) is 0 Å². The molecule has 10 nitrogen and oxygen atoms in total. The van der Waals surface area contributed by atoms with Crippen LogP contribution in [-0.4, -0.2) is 0 Å². The monoisotopic (exact) mass is 528 g/mol. The molecule has 2 aromatic rings. The van der Waals surface area contributed by atoms with Gasteiger partial charge in [-0.2, -0.15) is 0 Å². The maximum Gasteiger partial charge on any atom is 4.00 e. The summed E-state index contributed by atoms with van der Waals surface area (Å²) in [6.45, 7) is 0. The van der Waals surface area contributed by atoms with Crippen LogP contribution in [0.25, 0.3) is 0 Å². The second-order valence-corrected chi connectivity index (χ2v) is 9.50. The smallest absolute Gasteiger partial charge is 0.772 e. The zero-order chi connectivity index (χ0) is 19.8. The van der Waals surface area contributed by atoms with E-state index in [9.17, 15) is 37.8 Å². The van der Waals surface area contributed by atoms with E-state index in [1.165, 1.54) is 48.5 Å². The molecule has 0 spiro atoms. The van der Waals surface area contributed by atoms with Gasteiger partial charge in [-0.1, -0.05) is 69.3 Å². The van der Waals surface area contributed by atoms with Gasteiger partial charge in [-0.15, -0.1) is 0 Å². The molecule has 4 unspecified atom stereocenters. The van der Waals surface area contributed by atoms with Crippen LogP contribution in [0.2, 0.25) is 0 Å². The zero-order valence-electron chi connectivity index (χ0n) is 13.1. The fourth-order valence-corrected chi connectivity index (χ4v) is 4.72. The van der Waals surface area contributed by atoms with Crippen LogP contribution in [0.5, 0.6) is 0 Å². The minimum atomic E-state index is -4.45. The van der Waals surface area contributed by atoms with Crippen molar-refractivity contribution in [1.29, 1.82) is 0 Å². The predicted octanol–water partition coefficient (Wildman–Crippen LogP) is -0.203. The Labute approximate surface area is 175 Å². The van der Waals surface area contributed by atoms with Crippen molar-refractivity contribution in [3.05, 3.63) is 60.7 Å². The van der Waals surface area contributed by atoms with Crippen LogP contribution in [-0.2, 0) is 53.1 Å². The largest absolute Gasteiger partial charge is 4.00 e. The van der Waals surface area contributed by atoms with E-state index in [0.29, 0.717) is 0 Å². The molecule has 140 valence electrons. The third-order valence-electron chi connectivity index (χ3n) is 2.49. The Morgan fingerprint density at radius 1 is 0.667 bits per heavy atom. The molecule has 15 heteroatoms. The summed E-state index contributed by atoms with van der Waals surface area (Å²) in [6.07, 6.45) is 0. The molecule has 0 aliphatic carbocycles. The summed E-state index contributed by atoms with van der Waals surface area (Å²) in [5.41, 5.74) is 0. The van der Waals surface area contributed by atoms with E-state index in [0.717, 1.165) is 0 Å². The fraction of sp³-hybridized carbons (Fsp3) is 0. The summed E-state index contributed by atoms with van der Waals surface area (Å²) in [6, 6.07) is 14.1. The average Bonchev–Trinajstić information content (AvgIpc) is 2.55. The van der Waals surface area contributed by atoms with Gasteiger partial charge in [0.2, 0.25) is 15.2 Å². The second kappa shape index (κ2) is 12.3. The molecule has 0 radical (unpaired) electrons. The van der Waals surface area contributed by atoms with Gasteiger partial charge in [-0.25, -0.2) is 0 Å². The molecule has 0 N–H and O–H groups in total. The first-order valence-corrected chi connectivity index (χ1v) is 11.7. The van der Waals surface area contributed by atoms with Crippen LogP contribution in [0.1, 0.15) is 0 Å². The molecule has 0 saturated heterocycles. The SMILES string of the molecule is O=[P+]([O-])OP(=O)([O-])c1ccccc1.O=[P+]([O-])OP(=O)([O-])c1ccccc1.[Zr+4]. The molecule has 0 saturated carbocycles. The normalized spacial score (nSPS) is 15.7. The summed E-state index contributed by atoms with van der Waals surface area (Å²) < 4.78 is 49.7. The van der Waals surface area contributed by atoms with Gasteiger partial charge in [0.15, 0.2) is 0 Å². The first kappa shape index (κ1) is 26.7. The van der Waals surface area contributed by atoms with Gasteiger partial charge in [0.05, 0.1) is 0 Å². The first-order chi connectivity index (χ1) is 12.0. The second-order valence-electron chi connectivity index (χ2n) is 4.28. The molecule has 27 heavy (non-hydrogen) atoms. The number of rotatable bonds is 6. The molecule has 0 fully saturated rings. The van der Waals surface area contributed by atoms with Gasteiger partial charge in [0.25, 0.3) is 0 Å². The number of hydrogen-bond acceptors (Lipinski definition) is 10. The van der Waals surface area contributed by atoms with Crippen LogP contribution in [0.3, 0.4) is 0 Å². The Kier molecular flexibility index (Phi) is 12.2. The fourth-order valence-electron chi connectivity index (χ4n) is 1.49. The van der Waals surface area contributed by atoms with Gasteiger partial charge in [-0.3, -0.25) is 9.13 Å². The van der Waals surface area contributed by atoms with Crippen LogP contribution in [0.4, 0.5) is 0 Å². The minimum absolute atomic E-state index is 0. The minimum Gasteiger partial charge on any atom is -0.772 e. The molecule has 4 atom stereocenters. The van der Waals surface area contributed by atoms with Crippen LogP contribution in [0, 0.1) is 0 Å². The molecule has 0 bridgehead atoms. The maximum absolute atomic E-state index is 11.1. The molecular weight excluding hydrogens is 519 g/mol. The van der Waals surface area contributed by atoms with Crippen LogP contribution >= 0.6 is 31.7 Å². The third kappa shape index (κ3) is 10.2. The number of hydrogen-bond donors (Lipinski definition) is 0. The van der Waals surface area contributed by atoms with Gasteiger partial charge in [0, 0.05) is 10.6 Å².